The number of aromatic nitrogens is 2. The fourth-order valence-electron chi connectivity index (χ4n) is 2.96. The van der Waals surface area contributed by atoms with Gasteiger partial charge in [-0.1, -0.05) is 6.07 Å². The van der Waals surface area contributed by atoms with E-state index in [0.29, 0.717) is 16.9 Å². The average molecular weight is 427 g/mol. The van der Waals surface area contributed by atoms with Crippen LogP contribution >= 0.6 is 11.3 Å². The number of aryl methyl sites for hydroxylation is 1. The number of carbonyl (C=O) groups is 3. The molecule has 1 amide bonds. The molecule has 0 aliphatic heterocycles. The number of nitrogens with zero attached hydrogens (tertiary/aromatic N) is 2. The molecular weight excluding hydrogens is 406 g/mol. The fourth-order valence-corrected chi connectivity index (χ4v) is 3.71. The van der Waals surface area contributed by atoms with E-state index < -0.39 is 18.5 Å². The number of methoxy groups -OCH3 is 1. The Kier molecular flexibility index (Phi) is 6.63. The maximum atomic E-state index is 12.5. The van der Waals surface area contributed by atoms with Gasteiger partial charge < -0.3 is 14.8 Å². The smallest absolute Gasteiger partial charge is 0.325 e. The molecule has 0 aliphatic carbocycles. The molecule has 0 atom stereocenters. The van der Waals surface area contributed by atoms with Crippen LogP contribution < -0.4 is 10.1 Å². The van der Waals surface area contributed by atoms with Gasteiger partial charge in [-0.05, 0) is 38.1 Å². The summed E-state index contributed by atoms with van der Waals surface area (Å²) in [6.45, 7) is 2.95. The highest BCUT2D eigenvalue weighted by molar-refractivity contribution is 7.12. The van der Waals surface area contributed by atoms with Crippen molar-refractivity contribution in [2.24, 2.45) is 0 Å². The zero-order chi connectivity index (χ0) is 21.7. The summed E-state index contributed by atoms with van der Waals surface area (Å²) in [6, 6.07) is 8.29. The lowest BCUT2D eigenvalue weighted by Crippen LogP contribution is -2.31. The number of Topliss-reactive ketones (excluding diaryl/α,β-unsaturated/α-hetero) is 1. The summed E-state index contributed by atoms with van der Waals surface area (Å²) in [5, 5.41) is 5.09. The third kappa shape index (κ3) is 4.74. The van der Waals surface area contributed by atoms with Crippen LogP contribution in [0.3, 0.4) is 0 Å². The minimum Gasteiger partial charge on any atom is -0.497 e. The van der Waals surface area contributed by atoms with E-state index >= 15 is 0 Å². The molecule has 0 bridgehead atoms. The number of carbonyl (C=O) groups excluding carboxylic acids is 3. The normalized spacial score (nSPS) is 10.5. The Bertz CT molecular complexity index is 1070. The quantitative estimate of drug-likeness (QED) is 0.438. The molecule has 3 rings (SSSR count). The number of hydrogen-bond donors (Lipinski definition) is 1. The Morgan fingerprint density at radius 3 is 2.70 bits per heavy atom. The van der Waals surface area contributed by atoms with Crippen LogP contribution in [0.15, 0.2) is 41.9 Å². The van der Waals surface area contributed by atoms with E-state index in [2.05, 4.69) is 10.3 Å². The summed E-state index contributed by atoms with van der Waals surface area (Å²) in [7, 11) is 1.50. The van der Waals surface area contributed by atoms with Crippen molar-refractivity contribution in [2.75, 3.05) is 20.3 Å². The van der Waals surface area contributed by atoms with Crippen LogP contribution in [0, 0.1) is 13.8 Å². The molecule has 0 unspecified atom stereocenters. The first-order valence-corrected chi connectivity index (χ1v) is 9.98. The number of rotatable bonds is 8. The van der Waals surface area contributed by atoms with Crippen LogP contribution in [0.5, 0.6) is 5.75 Å². The third-order valence-corrected chi connectivity index (χ3v) is 5.19. The molecule has 2 aromatic heterocycles. The standard InChI is InChI=1S/C21H21N3O5S/c1-13-9-17(14(2)24(13)21-22-7-8-30-21)18(25)12-29-19(26)11-23-20(27)15-5-4-6-16(10-15)28-3/h4-10H,11-12H2,1-3H3,(H,23,27). The van der Waals surface area contributed by atoms with E-state index in [1.54, 1.807) is 36.5 Å². The van der Waals surface area contributed by atoms with Crippen LogP contribution in [0.2, 0.25) is 0 Å². The number of amides is 1. The van der Waals surface area contributed by atoms with Crippen molar-refractivity contribution in [3.8, 4) is 10.9 Å². The molecule has 3 aromatic rings. The molecule has 9 heteroatoms. The third-order valence-electron chi connectivity index (χ3n) is 4.43. The number of ketones is 1. The molecule has 0 fully saturated rings. The van der Waals surface area contributed by atoms with Gasteiger partial charge >= 0.3 is 5.97 Å². The van der Waals surface area contributed by atoms with E-state index in [0.717, 1.165) is 16.5 Å². The SMILES string of the molecule is COc1cccc(C(=O)NCC(=O)OCC(=O)c2cc(C)n(-c3nccs3)c2C)c1. The summed E-state index contributed by atoms with van der Waals surface area (Å²) < 4.78 is 12.0. The first kappa shape index (κ1) is 21.3. The highest BCUT2D eigenvalue weighted by Crippen LogP contribution is 2.22. The number of benzene rings is 1. The molecule has 0 spiro atoms. The largest absolute Gasteiger partial charge is 0.497 e. The Morgan fingerprint density at radius 2 is 2.00 bits per heavy atom. The second-order valence-corrected chi connectivity index (χ2v) is 7.31. The molecule has 8 nitrogen and oxygen atoms in total. The second-order valence-electron chi connectivity index (χ2n) is 6.43. The lowest BCUT2D eigenvalue weighted by atomic mass is 10.1. The van der Waals surface area contributed by atoms with Gasteiger partial charge in [-0.2, -0.15) is 0 Å². The molecule has 0 saturated heterocycles. The molecule has 1 N–H and O–H groups in total. The number of nitrogens with one attached hydrogen (secondary N) is 1. The van der Waals surface area contributed by atoms with E-state index in [4.69, 9.17) is 9.47 Å². The Morgan fingerprint density at radius 1 is 1.20 bits per heavy atom. The van der Waals surface area contributed by atoms with Crippen LogP contribution in [0.4, 0.5) is 0 Å². The minimum absolute atomic E-state index is 0.321. The average Bonchev–Trinajstić information content (AvgIpc) is 3.37. The topological polar surface area (TPSA) is 99.5 Å². The Hall–Kier alpha value is -3.46. The van der Waals surface area contributed by atoms with Gasteiger partial charge in [0.15, 0.2) is 11.7 Å². The molecule has 0 saturated carbocycles. The second kappa shape index (κ2) is 9.36. The molecule has 1 aromatic carbocycles. The van der Waals surface area contributed by atoms with Gasteiger partial charge in [0.2, 0.25) is 5.78 Å². The number of esters is 1. The molecule has 30 heavy (non-hydrogen) atoms. The molecule has 156 valence electrons. The lowest BCUT2D eigenvalue weighted by molar-refractivity contribution is -0.141. The van der Waals surface area contributed by atoms with Gasteiger partial charge in [-0.3, -0.25) is 19.0 Å². The van der Waals surface area contributed by atoms with Crippen molar-refractivity contribution in [3.05, 3.63) is 64.4 Å². The first-order valence-electron chi connectivity index (χ1n) is 9.10. The summed E-state index contributed by atoms with van der Waals surface area (Å²) in [5.74, 6) is -0.929. The van der Waals surface area contributed by atoms with Crippen LogP contribution in [-0.4, -0.2) is 47.5 Å². The summed E-state index contributed by atoms with van der Waals surface area (Å²) in [6.07, 6.45) is 1.70. The predicted molar refractivity (Wildman–Crippen MR) is 112 cm³/mol. The van der Waals surface area contributed by atoms with Gasteiger partial charge in [-0.15, -0.1) is 11.3 Å². The monoisotopic (exact) mass is 427 g/mol. The fraction of sp³-hybridized carbons (Fsp3) is 0.238. The van der Waals surface area contributed by atoms with Gasteiger partial charge in [0.25, 0.3) is 5.91 Å². The maximum Gasteiger partial charge on any atom is 0.325 e. The zero-order valence-electron chi connectivity index (χ0n) is 16.8. The van der Waals surface area contributed by atoms with E-state index in [1.807, 2.05) is 23.8 Å². The van der Waals surface area contributed by atoms with Gasteiger partial charge in [0, 0.05) is 34.1 Å². The zero-order valence-corrected chi connectivity index (χ0v) is 17.6. The van der Waals surface area contributed by atoms with Gasteiger partial charge in [0.1, 0.15) is 12.3 Å². The summed E-state index contributed by atoms with van der Waals surface area (Å²) in [5.41, 5.74) is 2.42. The van der Waals surface area contributed by atoms with E-state index in [1.165, 1.54) is 18.4 Å². The van der Waals surface area contributed by atoms with Crippen molar-refractivity contribution < 1.29 is 23.9 Å². The molecular formula is C21H21N3O5S. The first-order chi connectivity index (χ1) is 14.4. The van der Waals surface area contributed by atoms with Crippen molar-refractivity contribution >= 4 is 29.0 Å². The molecule has 0 radical (unpaired) electrons. The number of hydrogen-bond acceptors (Lipinski definition) is 7. The number of ether oxygens (including phenoxy) is 2. The predicted octanol–water partition coefficient (Wildman–Crippen LogP) is 2.72. The molecule has 0 aliphatic rings. The highest BCUT2D eigenvalue weighted by atomic mass is 32.1. The summed E-state index contributed by atoms with van der Waals surface area (Å²) >= 11 is 1.46. The highest BCUT2D eigenvalue weighted by Gasteiger charge is 2.19. The lowest BCUT2D eigenvalue weighted by Gasteiger charge is -2.08. The van der Waals surface area contributed by atoms with Gasteiger partial charge in [0.05, 0.1) is 7.11 Å². The Balaban J connectivity index is 1.54. The van der Waals surface area contributed by atoms with Crippen molar-refractivity contribution in [3.63, 3.8) is 0 Å². The molecule has 2 heterocycles. The minimum atomic E-state index is -0.701. The number of thiazole rings is 1. The van der Waals surface area contributed by atoms with Crippen molar-refractivity contribution in [2.45, 2.75) is 13.8 Å². The van der Waals surface area contributed by atoms with E-state index in [-0.39, 0.29) is 12.3 Å². The van der Waals surface area contributed by atoms with Crippen LogP contribution in [0.25, 0.3) is 5.13 Å². The van der Waals surface area contributed by atoms with Crippen molar-refractivity contribution in [1.82, 2.24) is 14.9 Å². The Labute approximate surface area is 177 Å². The van der Waals surface area contributed by atoms with Crippen molar-refractivity contribution in [1.29, 1.82) is 0 Å². The van der Waals surface area contributed by atoms with E-state index in [9.17, 15) is 14.4 Å². The van der Waals surface area contributed by atoms with Crippen LogP contribution in [0.1, 0.15) is 32.1 Å². The van der Waals surface area contributed by atoms with Crippen LogP contribution in [-0.2, 0) is 9.53 Å². The maximum absolute atomic E-state index is 12.5. The van der Waals surface area contributed by atoms with Gasteiger partial charge in [-0.25, -0.2) is 4.98 Å². The summed E-state index contributed by atoms with van der Waals surface area (Å²) in [4.78, 5) is 40.9.